The van der Waals surface area contributed by atoms with E-state index in [1.165, 1.54) is 12.8 Å². The zero-order chi connectivity index (χ0) is 5.11. The second kappa shape index (κ2) is 2.61. The summed E-state index contributed by atoms with van der Waals surface area (Å²) in [5, 5.41) is 0. The maximum absolute atomic E-state index is 11.7. The van der Waals surface area contributed by atoms with Crippen molar-refractivity contribution in [2.45, 2.75) is 31.3 Å². The fraction of sp³-hybridized carbons (Fsp3) is 1.00. The Morgan fingerprint density at radius 1 is 1.29 bits per heavy atom. The van der Waals surface area contributed by atoms with E-state index in [0.29, 0.717) is 5.66 Å². The zero-order valence-electron chi connectivity index (χ0n) is 4.28. The maximum atomic E-state index is 11.7. The molecule has 0 N–H and O–H groups in total. The molecule has 0 amide bonds. The van der Waals surface area contributed by atoms with Crippen LogP contribution in [0.3, 0.4) is 0 Å². The van der Waals surface area contributed by atoms with Crippen LogP contribution in [0.15, 0.2) is 0 Å². The number of hydrogen-bond donors (Lipinski definition) is 0. The maximum Gasteiger partial charge on any atom is 0.0702 e. The molecule has 7 heavy (non-hydrogen) atoms. The van der Waals surface area contributed by atoms with Gasteiger partial charge < -0.3 is 0 Å². The summed E-state index contributed by atoms with van der Waals surface area (Å²) in [7, 11) is -0.289. The van der Waals surface area contributed by atoms with Crippen molar-refractivity contribution in [2.75, 3.05) is 0 Å². The van der Waals surface area contributed by atoms with Gasteiger partial charge >= 0.3 is 0 Å². The van der Waals surface area contributed by atoms with Crippen molar-refractivity contribution in [2.24, 2.45) is 0 Å². The van der Waals surface area contributed by atoms with Crippen LogP contribution in [0.5, 0.6) is 0 Å². The molecule has 1 rings (SSSR count). The van der Waals surface area contributed by atoms with Gasteiger partial charge in [-0.1, -0.05) is 12.8 Å². The van der Waals surface area contributed by atoms with E-state index in [4.69, 9.17) is 0 Å². The fourth-order valence-electron chi connectivity index (χ4n) is 1.03. The average Bonchev–Trinajstić information content (AvgIpc) is 2.14. The van der Waals surface area contributed by atoms with E-state index in [2.05, 4.69) is 0 Å². The molecule has 0 bridgehead atoms. The SMILES string of the molecule is FPC1CCCC1. The Morgan fingerprint density at radius 2 is 1.86 bits per heavy atom. The second-order valence-corrected chi connectivity index (χ2v) is 3.13. The molecular formula is C5H10FP. The van der Waals surface area contributed by atoms with Gasteiger partial charge in [-0.15, -0.1) is 0 Å². The molecule has 42 valence electrons. The summed E-state index contributed by atoms with van der Waals surface area (Å²) in [5.74, 6) is 0. The van der Waals surface area contributed by atoms with Crippen LogP contribution in [-0.4, -0.2) is 5.66 Å². The molecule has 0 aromatic heterocycles. The highest BCUT2D eigenvalue weighted by Gasteiger charge is 2.13. The molecule has 1 aliphatic carbocycles. The smallest absolute Gasteiger partial charge is 0.0702 e. The summed E-state index contributed by atoms with van der Waals surface area (Å²) in [5.41, 5.74) is 0.458. The van der Waals surface area contributed by atoms with E-state index >= 15 is 0 Å². The van der Waals surface area contributed by atoms with E-state index in [1.807, 2.05) is 0 Å². The van der Waals surface area contributed by atoms with Gasteiger partial charge in [0.05, 0.1) is 8.89 Å². The van der Waals surface area contributed by atoms with Gasteiger partial charge in [0.1, 0.15) is 0 Å². The van der Waals surface area contributed by atoms with Crippen molar-refractivity contribution in [1.82, 2.24) is 0 Å². The quantitative estimate of drug-likeness (QED) is 0.466. The molecule has 0 nitrogen and oxygen atoms in total. The molecule has 0 saturated heterocycles. The second-order valence-electron chi connectivity index (χ2n) is 2.09. The first kappa shape index (κ1) is 5.50. The molecule has 0 aromatic rings. The van der Waals surface area contributed by atoms with Crippen molar-refractivity contribution in [3.8, 4) is 0 Å². The van der Waals surface area contributed by atoms with Crippen LogP contribution >= 0.6 is 8.89 Å². The third-order valence-corrected chi connectivity index (χ3v) is 2.40. The van der Waals surface area contributed by atoms with Crippen LogP contribution in [0.2, 0.25) is 0 Å². The van der Waals surface area contributed by atoms with E-state index < -0.39 is 0 Å². The van der Waals surface area contributed by atoms with Gasteiger partial charge in [-0.25, -0.2) is 4.20 Å². The van der Waals surface area contributed by atoms with Crippen molar-refractivity contribution in [1.29, 1.82) is 0 Å². The Hall–Kier alpha value is 0.360. The summed E-state index contributed by atoms with van der Waals surface area (Å²) in [6.07, 6.45) is 4.83. The minimum atomic E-state index is -0.289. The summed E-state index contributed by atoms with van der Waals surface area (Å²) in [6.45, 7) is 0. The van der Waals surface area contributed by atoms with Crippen molar-refractivity contribution >= 4 is 8.89 Å². The monoisotopic (exact) mass is 120 g/mol. The van der Waals surface area contributed by atoms with Gasteiger partial charge in [-0.3, -0.25) is 0 Å². The topological polar surface area (TPSA) is 0 Å². The molecule has 0 aromatic carbocycles. The first-order chi connectivity index (χ1) is 3.43. The van der Waals surface area contributed by atoms with Gasteiger partial charge in [0.15, 0.2) is 0 Å². The standard InChI is InChI=1S/C5H10FP/c6-7-5-3-1-2-4-5/h5,7H,1-4H2. The number of hydrogen-bond acceptors (Lipinski definition) is 0. The predicted octanol–water partition coefficient (Wildman–Crippen LogP) is 2.49. The van der Waals surface area contributed by atoms with Gasteiger partial charge in [0.2, 0.25) is 0 Å². The zero-order valence-corrected chi connectivity index (χ0v) is 5.28. The van der Waals surface area contributed by atoms with E-state index in [-0.39, 0.29) is 8.89 Å². The fourth-order valence-corrected chi connectivity index (χ4v) is 1.66. The lowest BCUT2D eigenvalue weighted by Gasteiger charge is -1.96. The Labute approximate surface area is 45.4 Å². The molecule has 2 heteroatoms. The predicted molar refractivity (Wildman–Crippen MR) is 31.7 cm³/mol. The minimum Gasteiger partial charge on any atom is -0.230 e. The van der Waals surface area contributed by atoms with Crippen LogP contribution in [0.25, 0.3) is 0 Å². The molecule has 1 unspecified atom stereocenters. The van der Waals surface area contributed by atoms with Gasteiger partial charge in [0.25, 0.3) is 0 Å². The molecule has 0 spiro atoms. The first-order valence-corrected chi connectivity index (χ1v) is 3.75. The van der Waals surface area contributed by atoms with Gasteiger partial charge in [-0.05, 0) is 12.8 Å². The highest BCUT2D eigenvalue weighted by Crippen LogP contribution is 2.34. The lowest BCUT2D eigenvalue weighted by atomic mass is 10.4. The molecule has 0 heterocycles. The lowest BCUT2D eigenvalue weighted by molar-refractivity contribution is 0.821. The summed E-state index contributed by atoms with van der Waals surface area (Å²) >= 11 is 0. The van der Waals surface area contributed by atoms with E-state index in [1.54, 1.807) is 0 Å². The third kappa shape index (κ3) is 1.38. The molecule has 0 aliphatic heterocycles. The highest BCUT2D eigenvalue weighted by atomic mass is 31.1. The molecule has 1 aliphatic rings. The van der Waals surface area contributed by atoms with E-state index in [0.717, 1.165) is 12.8 Å². The van der Waals surface area contributed by atoms with Crippen molar-refractivity contribution in [3.05, 3.63) is 0 Å². The first-order valence-electron chi connectivity index (χ1n) is 2.79. The van der Waals surface area contributed by atoms with Gasteiger partial charge in [-0.2, -0.15) is 0 Å². The molecule has 1 saturated carbocycles. The average molecular weight is 120 g/mol. The Kier molecular flexibility index (Phi) is 2.05. The molecule has 0 radical (unpaired) electrons. The van der Waals surface area contributed by atoms with Crippen molar-refractivity contribution < 1.29 is 4.20 Å². The van der Waals surface area contributed by atoms with Crippen LogP contribution in [0.1, 0.15) is 25.7 Å². The number of halogens is 1. The van der Waals surface area contributed by atoms with Crippen LogP contribution < -0.4 is 0 Å². The Bertz CT molecular complexity index is 50.0. The van der Waals surface area contributed by atoms with Crippen LogP contribution in [-0.2, 0) is 0 Å². The normalized spacial score (nSPS) is 25.3. The summed E-state index contributed by atoms with van der Waals surface area (Å²) in [4.78, 5) is 0. The van der Waals surface area contributed by atoms with Gasteiger partial charge in [0, 0.05) is 5.66 Å². The molecule has 1 atom stereocenters. The lowest BCUT2D eigenvalue weighted by Crippen LogP contribution is -1.85. The highest BCUT2D eigenvalue weighted by molar-refractivity contribution is 7.32. The molecule has 1 fully saturated rings. The Balaban J connectivity index is 2.14. The van der Waals surface area contributed by atoms with Crippen molar-refractivity contribution in [3.63, 3.8) is 0 Å². The minimum absolute atomic E-state index is 0.289. The van der Waals surface area contributed by atoms with Crippen LogP contribution in [0, 0.1) is 0 Å². The van der Waals surface area contributed by atoms with E-state index in [9.17, 15) is 4.20 Å². The largest absolute Gasteiger partial charge is 0.230 e. The number of rotatable bonds is 1. The Morgan fingerprint density at radius 3 is 2.14 bits per heavy atom. The molecular weight excluding hydrogens is 110 g/mol. The summed E-state index contributed by atoms with van der Waals surface area (Å²) in [6, 6.07) is 0. The summed E-state index contributed by atoms with van der Waals surface area (Å²) < 4.78 is 11.7. The third-order valence-electron chi connectivity index (χ3n) is 1.51. The van der Waals surface area contributed by atoms with Crippen LogP contribution in [0.4, 0.5) is 4.20 Å².